The molecule has 4 rings (SSSR count). The van der Waals surface area contributed by atoms with E-state index in [2.05, 4.69) is 31.3 Å². The Hall–Kier alpha value is -3.34. The van der Waals surface area contributed by atoms with Crippen molar-refractivity contribution < 1.29 is 26.7 Å². The molecule has 4 aromatic rings. The number of anilines is 1. The zero-order valence-corrected chi connectivity index (χ0v) is 16.8. The van der Waals surface area contributed by atoms with Crippen LogP contribution in [0.15, 0.2) is 59.2 Å². The van der Waals surface area contributed by atoms with Crippen LogP contribution < -0.4 is 5.32 Å². The predicted molar refractivity (Wildman–Crippen MR) is 105 cm³/mol. The van der Waals surface area contributed by atoms with Crippen LogP contribution in [0, 0.1) is 11.6 Å². The van der Waals surface area contributed by atoms with Crippen LogP contribution in [-0.4, -0.2) is 20.5 Å². The van der Waals surface area contributed by atoms with Crippen molar-refractivity contribution in [3.8, 4) is 11.3 Å². The van der Waals surface area contributed by atoms with E-state index in [1.165, 1.54) is 0 Å². The van der Waals surface area contributed by atoms with Crippen LogP contribution in [0.1, 0.15) is 16.1 Å². The lowest BCUT2D eigenvalue weighted by molar-refractivity contribution is -0.142. The molecule has 0 fully saturated rings. The molecule has 158 valence electrons. The molecule has 2 heterocycles. The second-order valence-corrected chi connectivity index (χ2v) is 7.32. The molecule has 0 radical (unpaired) electrons. The van der Waals surface area contributed by atoms with E-state index in [9.17, 15) is 26.7 Å². The van der Waals surface area contributed by atoms with Gasteiger partial charge in [-0.1, -0.05) is 28.1 Å². The van der Waals surface area contributed by atoms with Gasteiger partial charge in [0.2, 0.25) is 0 Å². The van der Waals surface area contributed by atoms with Gasteiger partial charge < -0.3 is 5.32 Å². The van der Waals surface area contributed by atoms with Gasteiger partial charge in [-0.2, -0.15) is 18.3 Å². The molecule has 0 atom stereocenters. The van der Waals surface area contributed by atoms with Crippen molar-refractivity contribution in [3.05, 3.63) is 82.1 Å². The summed E-state index contributed by atoms with van der Waals surface area (Å²) in [6, 6.07) is 9.71. The summed E-state index contributed by atoms with van der Waals surface area (Å²) in [6.07, 6.45) is -3.88. The summed E-state index contributed by atoms with van der Waals surface area (Å²) < 4.78 is 69.1. The SMILES string of the molecule is O=C(Nc1ccc(F)cc1F)c1cnn2c(C(F)(F)F)cc(-c3ccc(Br)cc3)nc12. The number of alkyl halides is 3. The molecule has 0 aliphatic carbocycles. The highest BCUT2D eigenvalue weighted by Crippen LogP contribution is 2.33. The number of rotatable bonds is 3. The number of benzene rings is 2. The highest BCUT2D eigenvalue weighted by atomic mass is 79.9. The second-order valence-electron chi connectivity index (χ2n) is 6.40. The first-order chi connectivity index (χ1) is 14.6. The third kappa shape index (κ3) is 4.13. The number of amides is 1. The van der Waals surface area contributed by atoms with Gasteiger partial charge >= 0.3 is 6.18 Å². The number of carbonyl (C=O) groups excluding carboxylic acids is 1. The summed E-state index contributed by atoms with van der Waals surface area (Å²) >= 11 is 3.25. The molecule has 31 heavy (non-hydrogen) atoms. The van der Waals surface area contributed by atoms with Crippen LogP contribution in [-0.2, 0) is 6.18 Å². The Balaban J connectivity index is 1.84. The number of nitrogens with zero attached hydrogens (tertiary/aromatic N) is 3. The van der Waals surface area contributed by atoms with Gasteiger partial charge in [-0.15, -0.1) is 0 Å². The first kappa shape index (κ1) is 20.9. The van der Waals surface area contributed by atoms with Crippen LogP contribution in [0.25, 0.3) is 16.9 Å². The Morgan fingerprint density at radius 1 is 1.03 bits per heavy atom. The van der Waals surface area contributed by atoms with E-state index in [0.717, 1.165) is 28.9 Å². The first-order valence-corrected chi connectivity index (χ1v) is 9.41. The molecule has 1 amide bonds. The van der Waals surface area contributed by atoms with Gasteiger partial charge in [0.05, 0.1) is 17.6 Å². The minimum absolute atomic E-state index is 0.0326. The van der Waals surface area contributed by atoms with Crippen molar-refractivity contribution in [2.45, 2.75) is 6.18 Å². The fourth-order valence-electron chi connectivity index (χ4n) is 2.87. The summed E-state index contributed by atoms with van der Waals surface area (Å²) in [4.78, 5) is 16.8. The van der Waals surface area contributed by atoms with Crippen molar-refractivity contribution in [3.63, 3.8) is 0 Å². The number of nitrogens with one attached hydrogen (secondary N) is 1. The Labute approximate surface area is 179 Å². The van der Waals surface area contributed by atoms with E-state index in [-0.39, 0.29) is 22.6 Å². The van der Waals surface area contributed by atoms with Crippen LogP contribution in [0.4, 0.5) is 27.6 Å². The number of hydrogen-bond acceptors (Lipinski definition) is 3. The number of hydrogen-bond donors (Lipinski definition) is 1. The number of carbonyl (C=O) groups is 1. The molecular formula is C20H10BrF5N4O. The molecule has 0 bridgehead atoms. The quantitative estimate of drug-likeness (QED) is 0.369. The molecule has 2 aromatic heterocycles. The minimum atomic E-state index is -4.78. The Morgan fingerprint density at radius 3 is 2.39 bits per heavy atom. The summed E-state index contributed by atoms with van der Waals surface area (Å²) in [5.41, 5.74) is -1.81. The van der Waals surface area contributed by atoms with E-state index in [0.29, 0.717) is 16.1 Å². The highest BCUT2D eigenvalue weighted by molar-refractivity contribution is 9.10. The topological polar surface area (TPSA) is 59.3 Å². The molecule has 5 nitrogen and oxygen atoms in total. The maximum atomic E-state index is 13.9. The summed E-state index contributed by atoms with van der Waals surface area (Å²) in [7, 11) is 0. The fraction of sp³-hybridized carbons (Fsp3) is 0.0500. The highest BCUT2D eigenvalue weighted by Gasteiger charge is 2.36. The summed E-state index contributed by atoms with van der Waals surface area (Å²) in [6.45, 7) is 0. The molecule has 11 heteroatoms. The third-order valence-electron chi connectivity index (χ3n) is 4.33. The average molecular weight is 497 g/mol. The van der Waals surface area contributed by atoms with E-state index in [4.69, 9.17) is 0 Å². The van der Waals surface area contributed by atoms with E-state index in [1.54, 1.807) is 24.3 Å². The monoisotopic (exact) mass is 496 g/mol. The van der Waals surface area contributed by atoms with Crippen LogP contribution in [0.2, 0.25) is 0 Å². The normalized spacial score (nSPS) is 11.7. The molecule has 0 saturated heterocycles. The minimum Gasteiger partial charge on any atom is -0.319 e. The molecule has 0 unspecified atom stereocenters. The molecule has 0 saturated carbocycles. The van der Waals surface area contributed by atoms with Gasteiger partial charge in [0.15, 0.2) is 11.3 Å². The van der Waals surface area contributed by atoms with Gasteiger partial charge in [0.25, 0.3) is 5.91 Å². The summed E-state index contributed by atoms with van der Waals surface area (Å²) in [5.74, 6) is -2.83. The van der Waals surface area contributed by atoms with E-state index in [1.807, 2.05) is 0 Å². The van der Waals surface area contributed by atoms with Crippen molar-refractivity contribution >= 4 is 33.2 Å². The molecule has 1 N–H and O–H groups in total. The standard InChI is InChI=1S/C20H10BrF5N4O/c21-11-3-1-10(2-4-11)16-8-17(20(24,25)26)30-18(28-16)13(9-27-30)19(31)29-15-6-5-12(22)7-14(15)23/h1-9H,(H,29,31). The van der Waals surface area contributed by atoms with Gasteiger partial charge in [0, 0.05) is 16.1 Å². The predicted octanol–water partition coefficient (Wildman–Crippen LogP) is 5.71. The maximum absolute atomic E-state index is 13.9. The van der Waals surface area contributed by atoms with Gasteiger partial charge in [-0.05, 0) is 30.3 Å². The third-order valence-corrected chi connectivity index (χ3v) is 4.85. The zero-order valence-electron chi connectivity index (χ0n) is 15.2. The van der Waals surface area contributed by atoms with Crippen molar-refractivity contribution in [2.24, 2.45) is 0 Å². The lowest BCUT2D eigenvalue weighted by atomic mass is 10.1. The smallest absolute Gasteiger partial charge is 0.319 e. The lowest BCUT2D eigenvalue weighted by Crippen LogP contribution is -2.16. The van der Waals surface area contributed by atoms with Crippen molar-refractivity contribution in [1.82, 2.24) is 14.6 Å². The lowest BCUT2D eigenvalue weighted by Gasteiger charge is -2.12. The molecular weight excluding hydrogens is 487 g/mol. The number of halogens is 6. The van der Waals surface area contributed by atoms with Gasteiger partial charge in [-0.25, -0.2) is 18.3 Å². The summed E-state index contributed by atoms with van der Waals surface area (Å²) in [5, 5.41) is 5.84. The Bertz CT molecular complexity index is 1300. The van der Waals surface area contributed by atoms with Crippen LogP contribution in [0.5, 0.6) is 0 Å². The zero-order chi connectivity index (χ0) is 22.3. The second kappa shape index (κ2) is 7.73. The van der Waals surface area contributed by atoms with Crippen molar-refractivity contribution in [1.29, 1.82) is 0 Å². The Morgan fingerprint density at radius 2 is 1.74 bits per heavy atom. The number of aromatic nitrogens is 3. The van der Waals surface area contributed by atoms with E-state index < -0.39 is 29.4 Å². The average Bonchev–Trinajstić information content (AvgIpc) is 3.13. The molecule has 0 aliphatic rings. The fourth-order valence-corrected chi connectivity index (χ4v) is 3.14. The van der Waals surface area contributed by atoms with Crippen LogP contribution >= 0.6 is 15.9 Å². The molecule has 2 aromatic carbocycles. The Kier molecular flexibility index (Phi) is 5.21. The first-order valence-electron chi connectivity index (χ1n) is 8.62. The van der Waals surface area contributed by atoms with Crippen LogP contribution in [0.3, 0.4) is 0 Å². The molecule has 0 spiro atoms. The van der Waals surface area contributed by atoms with Gasteiger partial charge in [-0.3, -0.25) is 4.79 Å². The number of fused-ring (bicyclic) bond motifs is 1. The van der Waals surface area contributed by atoms with Gasteiger partial charge in [0.1, 0.15) is 17.2 Å². The van der Waals surface area contributed by atoms with E-state index >= 15 is 0 Å². The maximum Gasteiger partial charge on any atom is 0.433 e. The largest absolute Gasteiger partial charge is 0.433 e. The molecule has 0 aliphatic heterocycles. The van der Waals surface area contributed by atoms with Crippen molar-refractivity contribution in [2.75, 3.05) is 5.32 Å².